The molecular formula is C9H11F3N2O2. The van der Waals surface area contributed by atoms with Crippen molar-refractivity contribution in [3.05, 3.63) is 17.0 Å². The summed E-state index contributed by atoms with van der Waals surface area (Å²) in [4.78, 5) is 10.9. The number of primary amides is 1. The van der Waals surface area contributed by atoms with E-state index < -0.39 is 29.5 Å². The van der Waals surface area contributed by atoms with Crippen molar-refractivity contribution in [2.75, 3.05) is 0 Å². The van der Waals surface area contributed by atoms with Gasteiger partial charge in [0.2, 0.25) is 5.76 Å². The van der Waals surface area contributed by atoms with E-state index in [1.165, 1.54) is 0 Å². The van der Waals surface area contributed by atoms with E-state index in [0.29, 0.717) is 6.42 Å². The first-order chi connectivity index (χ1) is 7.29. The lowest BCUT2D eigenvalue weighted by atomic mass is 9.96. The fourth-order valence-corrected chi connectivity index (χ4v) is 1.34. The van der Waals surface area contributed by atoms with Crippen molar-refractivity contribution in [3.63, 3.8) is 0 Å². The van der Waals surface area contributed by atoms with Crippen LogP contribution in [0.4, 0.5) is 13.2 Å². The minimum atomic E-state index is -4.67. The summed E-state index contributed by atoms with van der Waals surface area (Å²) >= 11 is 0. The van der Waals surface area contributed by atoms with Crippen LogP contribution in [0.2, 0.25) is 0 Å². The number of hydrogen-bond donors (Lipinski definition) is 1. The van der Waals surface area contributed by atoms with Gasteiger partial charge in [-0.3, -0.25) is 4.79 Å². The number of nitrogens with two attached hydrogens (primary N) is 1. The topological polar surface area (TPSA) is 69.1 Å². The highest BCUT2D eigenvalue weighted by atomic mass is 19.4. The zero-order valence-electron chi connectivity index (χ0n) is 8.76. The summed E-state index contributed by atoms with van der Waals surface area (Å²) in [7, 11) is 0. The van der Waals surface area contributed by atoms with Crippen LogP contribution in [0.15, 0.2) is 4.52 Å². The highest BCUT2D eigenvalue weighted by molar-refractivity contribution is 5.92. The number of hydrogen-bond acceptors (Lipinski definition) is 3. The highest BCUT2D eigenvalue weighted by Gasteiger charge is 2.42. The van der Waals surface area contributed by atoms with E-state index in [9.17, 15) is 18.0 Å². The molecule has 1 amide bonds. The van der Waals surface area contributed by atoms with Crippen molar-refractivity contribution in [1.29, 1.82) is 0 Å². The Morgan fingerprint density at radius 2 is 2.12 bits per heavy atom. The first kappa shape index (κ1) is 12.5. The van der Waals surface area contributed by atoms with E-state index in [1.54, 1.807) is 13.8 Å². The van der Waals surface area contributed by atoms with Crippen LogP contribution in [0.1, 0.15) is 48.0 Å². The van der Waals surface area contributed by atoms with E-state index in [0.717, 1.165) is 0 Å². The van der Waals surface area contributed by atoms with Gasteiger partial charge in [-0.15, -0.1) is 0 Å². The van der Waals surface area contributed by atoms with Crippen molar-refractivity contribution < 1.29 is 22.5 Å². The molecule has 90 valence electrons. The summed E-state index contributed by atoms with van der Waals surface area (Å²) in [6.45, 7) is 3.25. The molecule has 1 heterocycles. The maximum Gasteiger partial charge on any atom is 0.452 e. The van der Waals surface area contributed by atoms with Crippen LogP contribution < -0.4 is 5.73 Å². The van der Waals surface area contributed by atoms with Gasteiger partial charge in [-0.25, -0.2) is 0 Å². The van der Waals surface area contributed by atoms with E-state index in [-0.39, 0.29) is 5.56 Å². The molecule has 1 unspecified atom stereocenters. The Morgan fingerprint density at radius 1 is 1.56 bits per heavy atom. The SMILES string of the molecule is CCC(C)c1c(C(N)=O)noc1C(F)(F)F. The van der Waals surface area contributed by atoms with Gasteiger partial charge in [0.15, 0.2) is 5.69 Å². The first-order valence-corrected chi connectivity index (χ1v) is 4.65. The number of aromatic nitrogens is 1. The van der Waals surface area contributed by atoms with Gasteiger partial charge in [0.25, 0.3) is 5.91 Å². The Bertz CT molecular complexity index is 398. The average Bonchev–Trinajstić information content (AvgIpc) is 2.59. The van der Waals surface area contributed by atoms with Crippen LogP contribution in [0, 0.1) is 0 Å². The number of amides is 1. The summed E-state index contributed by atoms with van der Waals surface area (Å²) in [6, 6.07) is 0. The molecule has 0 spiro atoms. The largest absolute Gasteiger partial charge is 0.452 e. The third-order valence-electron chi connectivity index (χ3n) is 2.32. The van der Waals surface area contributed by atoms with Gasteiger partial charge in [-0.2, -0.15) is 13.2 Å². The van der Waals surface area contributed by atoms with Gasteiger partial charge in [0.1, 0.15) is 0 Å². The second-order valence-corrected chi connectivity index (χ2v) is 3.45. The van der Waals surface area contributed by atoms with Gasteiger partial charge in [0.05, 0.1) is 0 Å². The molecule has 0 fully saturated rings. The Kier molecular flexibility index (Phi) is 3.25. The lowest BCUT2D eigenvalue weighted by molar-refractivity contribution is -0.156. The molecule has 1 aromatic rings. The molecule has 0 aliphatic heterocycles. The van der Waals surface area contributed by atoms with Crippen LogP contribution in [0.5, 0.6) is 0 Å². The molecule has 7 heteroatoms. The fraction of sp³-hybridized carbons (Fsp3) is 0.556. The number of carbonyl (C=O) groups excluding carboxylic acids is 1. The predicted octanol–water partition coefficient (Wildman–Crippen LogP) is 2.31. The second-order valence-electron chi connectivity index (χ2n) is 3.45. The molecule has 1 aromatic heterocycles. The molecule has 1 atom stereocenters. The molecule has 0 radical (unpaired) electrons. The minimum absolute atomic E-state index is 0.262. The molecule has 0 aromatic carbocycles. The molecule has 0 saturated heterocycles. The van der Waals surface area contributed by atoms with Crippen molar-refractivity contribution >= 4 is 5.91 Å². The third-order valence-corrected chi connectivity index (χ3v) is 2.32. The molecule has 0 aliphatic rings. The van der Waals surface area contributed by atoms with E-state index in [4.69, 9.17) is 5.73 Å². The quantitative estimate of drug-likeness (QED) is 0.875. The number of nitrogens with zero attached hydrogens (tertiary/aromatic N) is 1. The summed E-state index contributed by atoms with van der Waals surface area (Å²) in [5.41, 5.74) is 4.23. The standard InChI is InChI=1S/C9H11F3N2O2/c1-3-4(2)5-6(8(13)15)14-16-7(5)9(10,11)12/h4H,3H2,1-2H3,(H2,13,15). The predicted molar refractivity (Wildman–Crippen MR) is 48.7 cm³/mol. The Balaban J connectivity index is 3.36. The van der Waals surface area contributed by atoms with Gasteiger partial charge in [-0.05, 0) is 12.3 Å². The first-order valence-electron chi connectivity index (χ1n) is 4.65. The van der Waals surface area contributed by atoms with E-state index >= 15 is 0 Å². The van der Waals surface area contributed by atoms with Gasteiger partial charge in [-0.1, -0.05) is 19.0 Å². The average molecular weight is 236 g/mol. The van der Waals surface area contributed by atoms with Crippen molar-refractivity contribution in [2.24, 2.45) is 5.73 Å². The van der Waals surface area contributed by atoms with Crippen LogP contribution in [-0.4, -0.2) is 11.1 Å². The molecule has 1 rings (SSSR count). The maximum atomic E-state index is 12.5. The number of rotatable bonds is 3. The van der Waals surface area contributed by atoms with Crippen LogP contribution in [0.3, 0.4) is 0 Å². The summed E-state index contributed by atoms with van der Waals surface area (Å²) in [5.74, 6) is -2.75. The number of alkyl halides is 3. The summed E-state index contributed by atoms with van der Waals surface area (Å²) in [5, 5.41) is 3.08. The normalized spacial score (nSPS) is 13.8. The van der Waals surface area contributed by atoms with Crippen molar-refractivity contribution in [1.82, 2.24) is 5.16 Å². The number of halogens is 3. The molecule has 0 aliphatic carbocycles. The van der Waals surface area contributed by atoms with E-state index in [1.807, 2.05) is 0 Å². The minimum Gasteiger partial charge on any atom is -0.364 e. The van der Waals surface area contributed by atoms with Crippen molar-refractivity contribution in [2.45, 2.75) is 32.4 Å². The van der Waals surface area contributed by atoms with Crippen LogP contribution in [0.25, 0.3) is 0 Å². The zero-order valence-corrected chi connectivity index (χ0v) is 8.76. The Hall–Kier alpha value is -1.53. The molecule has 0 bridgehead atoms. The lowest BCUT2D eigenvalue weighted by Crippen LogP contribution is -2.16. The smallest absolute Gasteiger partial charge is 0.364 e. The van der Waals surface area contributed by atoms with Gasteiger partial charge in [0, 0.05) is 5.56 Å². The second kappa shape index (κ2) is 4.15. The van der Waals surface area contributed by atoms with Crippen LogP contribution in [-0.2, 0) is 6.18 Å². The zero-order chi connectivity index (χ0) is 12.5. The maximum absolute atomic E-state index is 12.5. The summed E-state index contributed by atoms with van der Waals surface area (Å²) in [6.07, 6.45) is -4.25. The molecule has 0 saturated carbocycles. The molecular weight excluding hydrogens is 225 g/mol. The fourth-order valence-electron chi connectivity index (χ4n) is 1.34. The molecule has 2 N–H and O–H groups in total. The highest BCUT2D eigenvalue weighted by Crippen LogP contribution is 2.37. The van der Waals surface area contributed by atoms with Gasteiger partial charge < -0.3 is 10.3 Å². The van der Waals surface area contributed by atoms with Crippen LogP contribution >= 0.6 is 0 Å². The van der Waals surface area contributed by atoms with Crippen molar-refractivity contribution in [3.8, 4) is 0 Å². The lowest BCUT2D eigenvalue weighted by Gasteiger charge is -2.10. The Labute approximate surface area is 89.6 Å². The molecule has 4 nitrogen and oxygen atoms in total. The molecule has 16 heavy (non-hydrogen) atoms. The monoisotopic (exact) mass is 236 g/mol. The number of carbonyl (C=O) groups is 1. The van der Waals surface area contributed by atoms with E-state index in [2.05, 4.69) is 9.68 Å². The third kappa shape index (κ3) is 2.17. The van der Waals surface area contributed by atoms with Gasteiger partial charge >= 0.3 is 6.18 Å². The Morgan fingerprint density at radius 3 is 2.50 bits per heavy atom. The summed E-state index contributed by atoms with van der Waals surface area (Å²) < 4.78 is 41.8.